The standard InChI is InChI=1S/C12H14N2O3/c1-8(13-2)11(15)14-7-9-3-5-10(6-4-9)12(16)17/h3-6H,7H2,1-2H3,(H,14,15)(H,16,17). The van der Waals surface area contributed by atoms with E-state index in [4.69, 9.17) is 5.11 Å². The van der Waals surface area contributed by atoms with Crippen molar-refractivity contribution in [1.82, 2.24) is 5.32 Å². The number of aliphatic imine (C=N–C) groups is 1. The molecule has 0 aliphatic carbocycles. The molecule has 1 rings (SSSR count). The van der Waals surface area contributed by atoms with Gasteiger partial charge in [0.25, 0.3) is 5.91 Å². The third-order valence-corrected chi connectivity index (χ3v) is 2.32. The van der Waals surface area contributed by atoms with Crippen molar-refractivity contribution in [2.24, 2.45) is 4.99 Å². The minimum Gasteiger partial charge on any atom is -0.478 e. The normalized spacial score (nSPS) is 11.1. The molecule has 0 aliphatic heterocycles. The molecule has 0 bridgehead atoms. The summed E-state index contributed by atoms with van der Waals surface area (Å²) in [5.74, 6) is -1.19. The summed E-state index contributed by atoms with van der Waals surface area (Å²) >= 11 is 0. The van der Waals surface area contributed by atoms with Crippen LogP contribution in [0.2, 0.25) is 0 Å². The van der Waals surface area contributed by atoms with Gasteiger partial charge in [-0.05, 0) is 24.6 Å². The van der Waals surface area contributed by atoms with E-state index in [1.165, 1.54) is 12.1 Å². The van der Waals surface area contributed by atoms with Crippen molar-refractivity contribution in [2.45, 2.75) is 13.5 Å². The van der Waals surface area contributed by atoms with E-state index < -0.39 is 5.97 Å². The lowest BCUT2D eigenvalue weighted by Gasteiger charge is -2.04. The van der Waals surface area contributed by atoms with Crippen molar-refractivity contribution in [3.05, 3.63) is 35.4 Å². The predicted molar refractivity (Wildman–Crippen MR) is 64.3 cm³/mol. The van der Waals surface area contributed by atoms with Gasteiger partial charge in [-0.1, -0.05) is 12.1 Å². The van der Waals surface area contributed by atoms with Gasteiger partial charge in [0, 0.05) is 13.6 Å². The maximum Gasteiger partial charge on any atom is 0.335 e. The van der Waals surface area contributed by atoms with Crippen LogP contribution in [0.4, 0.5) is 0 Å². The van der Waals surface area contributed by atoms with Crippen LogP contribution in [0, 0.1) is 0 Å². The Bertz CT molecular complexity index is 449. The molecule has 17 heavy (non-hydrogen) atoms. The van der Waals surface area contributed by atoms with Gasteiger partial charge >= 0.3 is 5.97 Å². The molecule has 0 fully saturated rings. The molecule has 1 amide bonds. The largest absolute Gasteiger partial charge is 0.478 e. The molecule has 0 heterocycles. The van der Waals surface area contributed by atoms with Crippen LogP contribution in [0.5, 0.6) is 0 Å². The molecule has 0 saturated carbocycles. The summed E-state index contributed by atoms with van der Waals surface area (Å²) < 4.78 is 0. The number of amides is 1. The van der Waals surface area contributed by atoms with Crippen molar-refractivity contribution >= 4 is 17.6 Å². The van der Waals surface area contributed by atoms with Gasteiger partial charge in [-0.2, -0.15) is 0 Å². The van der Waals surface area contributed by atoms with Crippen molar-refractivity contribution in [3.63, 3.8) is 0 Å². The van der Waals surface area contributed by atoms with E-state index in [9.17, 15) is 9.59 Å². The molecule has 2 N–H and O–H groups in total. The highest BCUT2D eigenvalue weighted by molar-refractivity contribution is 6.37. The maximum atomic E-state index is 11.4. The number of carbonyl (C=O) groups is 2. The Labute approximate surface area is 99.2 Å². The van der Waals surface area contributed by atoms with E-state index in [-0.39, 0.29) is 11.5 Å². The highest BCUT2D eigenvalue weighted by atomic mass is 16.4. The lowest BCUT2D eigenvalue weighted by molar-refractivity contribution is -0.115. The number of rotatable bonds is 4. The van der Waals surface area contributed by atoms with E-state index in [2.05, 4.69) is 10.3 Å². The van der Waals surface area contributed by atoms with Gasteiger partial charge in [0.1, 0.15) is 0 Å². The second kappa shape index (κ2) is 5.79. The van der Waals surface area contributed by atoms with Crippen molar-refractivity contribution < 1.29 is 14.7 Å². The minimum atomic E-state index is -0.963. The van der Waals surface area contributed by atoms with E-state index in [0.29, 0.717) is 12.3 Å². The number of carboxylic acids is 1. The Morgan fingerprint density at radius 2 is 1.88 bits per heavy atom. The molecule has 5 nitrogen and oxygen atoms in total. The third-order valence-electron chi connectivity index (χ3n) is 2.32. The molecule has 90 valence electrons. The third kappa shape index (κ3) is 3.71. The Morgan fingerprint density at radius 3 is 2.35 bits per heavy atom. The van der Waals surface area contributed by atoms with Crippen molar-refractivity contribution in [2.75, 3.05) is 7.05 Å². The van der Waals surface area contributed by atoms with Crippen LogP contribution < -0.4 is 5.32 Å². The number of nitrogens with zero attached hydrogens (tertiary/aromatic N) is 1. The molecule has 0 unspecified atom stereocenters. The van der Waals surface area contributed by atoms with Gasteiger partial charge < -0.3 is 10.4 Å². The number of benzene rings is 1. The average Bonchev–Trinajstić information content (AvgIpc) is 2.35. The number of nitrogens with one attached hydrogen (secondary N) is 1. The van der Waals surface area contributed by atoms with Crippen LogP contribution >= 0.6 is 0 Å². The molecule has 1 aromatic rings. The molecular formula is C12H14N2O3. The molecular weight excluding hydrogens is 220 g/mol. The van der Waals surface area contributed by atoms with Crippen LogP contribution in [0.3, 0.4) is 0 Å². The predicted octanol–water partition coefficient (Wildman–Crippen LogP) is 1.09. The molecule has 0 atom stereocenters. The molecule has 0 saturated heterocycles. The fraction of sp³-hybridized carbons (Fsp3) is 0.250. The Hall–Kier alpha value is -2.17. The highest BCUT2D eigenvalue weighted by Gasteiger charge is 2.05. The number of carbonyl (C=O) groups excluding carboxylic acids is 1. The fourth-order valence-corrected chi connectivity index (χ4v) is 1.18. The molecule has 0 aliphatic rings. The van der Waals surface area contributed by atoms with Gasteiger partial charge in [0.15, 0.2) is 0 Å². The zero-order valence-electron chi connectivity index (χ0n) is 9.73. The summed E-state index contributed by atoms with van der Waals surface area (Å²) in [5.41, 5.74) is 1.48. The summed E-state index contributed by atoms with van der Waals surface area (Å²) in [5, 5.41) is 11.4. The first-order valence-electron chi connectivity index (χ1n) is 5.08. The monoisotopic (exact) mass is 234 g/mol. The van der Waals surface area contributed by atoms with Crippen molar-refractivity contribution in [1.29, 1.82) is 0 Å². The van der Waals surface area contributed by atoms with E-state index >= 15 is 0 Å². The molecule has 1 aromatic carbocycles. The van der Waals surface area contributed by atoms with Crippen LogP contribution in [-0.4, -0.2) is 29.7 Å². The molecule has 5 heteroatoms. The topological polar surface area (TPSA) is 78.8 Å². The first-order valence-corrected chi connectivity index (χ1v) is 5.08. The zero-order chi connectivity index (χ0) is 12.8. The average molecular weight is 234 g/mol. The Balaban J connectivity index is 2.59. The van der Waals surface area contributed by atoms with Crippen LogP contribution in [0.25, 0.3) is 0 Å². The van der Waals surface area contributed by atoms with Gasteiger partial charge in [-0.3, -0.25) is 9.79 Å². The molecule has 0 radical (unpaired) electrons. The molecule has 0 aromatic heterocycles. The number of carboxylic acid groups (broad SMARTS) is 1. The maximum absolute atomic E-state index is 11.4. The summed E-state index contributed by atoms with van der Waals surface area (Å²) in [7, 11) is 1.55. The van der Waals surface area contributed by atoms with Crippen LogP contribution in [0.15, 0.2) is 29.3 Å². The van der Waals surface area contributed by atoms with Gasteiger partial charge in [-0.15, -0.1) is 0 Å². The van der Waals surface area contributed by atoms with Crippen LogP contribution in [0.1, 0.15) is 22.8 Å². The van der Waals surface area contributed by atoms with E-state index in [1.807, 2.05) is 0 Å². The first kappa shape index (κ1) is 12.9. The second-order valence-corrected chi connectivity index (χ2v) is 3.49. The summed E-state index contributed by atoms with van der Waals surface area (Å²) in [6, 6.07) is 6.35. The summed E-state index contributed by atoms with van der Waals surface area (Å²) in [6.45, 7) is 1.98. The minimum absolute atomic E-state index is 0.227. The van der Waals surface area contributed by atoms with Gasteiger partial charge in [0.2, 0.25) is 0 Å². The lowest BCUT2D eigenvalue weighted by atomic mass is 10.1. The van der Waals surface area contributed by atoms with Crippen molar-refractivity contribution in [3.8, 4) is 0 Å². The zero-order valence-corrected chi connectivity index (χ0v) is 9.73. The smallest absolute Gasteiger partial charge is 0.335 e. The number of hydrogen-bond acceptors (Lipinski definition) is 3. The highest BCUT2D eigenvalue weighted by Crippen LogP contribution is 2.04. The number of aromatic carboxylic acids is 1. The number of hydrogen-bond donors (Lipinski definition) is 2. The SMILES string of the molecule is CN=C(C)C(=O)NCc1ccc(C(=O)O)cc1. The quantitative estimate of drug-likeness (QED) is 0.765. The Kier molecular flexibility index (Phi) is 4.39. The lowest BCUT2D eigenvalue weighted by Crippen LogP contribution is -2.28. The second-order valence-electron chi connectivity index (χ2n) is 3.49. The van der Waals surface area contributed by atoms with E-state index in [0.717, 1.165) is 5.56 Å². The fourth-order valence-electron chi connectivity index (χ4n) is 1.18. The first-order chi connectivity index (χ1) is 8.04. The van der Waals surface area contributed by atoms with Gasteiger partial charge in [-0.25, -0.2) is 4.79 Å². The summed E-state index contributed by atoms with van der Waals surface area (Å²) in [6.07, 6.45) is 0. The Morgan fingerprint density at radius 1 is 1.29 bits per heavy atom. The van der Waals surface area contributed by atoms with Crippen LogP contribution in [-0.2, 0) is 11.3 Å². The van der Waals surface area contributed by atoms with E-state index in [1.54, 1.807) is 26.1 Å². The van der Waals surface area contributed by atoms with Gasteiger partial charge in [0.05, 0.1) is 11.3 Å². The summed E-state index contributed by atoms with van der Waals surface area (Å²) in [4.78, 5) is 25.8. The molecule has 0 spiro atoms.